The van der Waals surface area contributed by atoms with Crippen LogP contribution in [0.25, 0.3) is 31.9 Å². The lowest BCUT2D eigenvalue weighted by Gasteiger charge is -1.99. The molecule has 0 aromatic carbocycles. The standard InChI is InChI=1S/C12H26.2N3/c1-3-5-7-9-11-12-10-8-6-4-2;2*1-3-2/h3-12H2,1-2H3;;/q;2*-1. The molecule has 0 atom stereocenters. The fourth-order valence-corrected chi connectivity index (χ4v) is 1.56. The summed E-state index contributed by atoms with van der Waals surface area (Å²) in [6.45, 7) is 4.56. The van der Waals surface area contributed by atoms with E-state index in [0.717, 1.165) is 0 Å². The predicted octanol–water partition coefficient (Wildman–Crippen LogP) is 6.66. The van der Waals surface area contributed by atoms with E-state index in [4.69, 9.17) is 22.1 Å². The molecule has 106 valence electrons. The highest BCUT2D eigenvalue weighted by Crippen LogP contribution is 2.09. The number of hydrogen-bond acceptors (Lipinski definition) is 0. The Kier molecular flexibility index (Phi) is 35.9. The lowest BCUT2D eigenvalue weighted by atomic mass is 10.1. The Morgan fingerprint density at radius 2 is 0.667 bits per heavy atom. The van der Waals surface area contributed by atoms with Gasteiger partial charge < -0.3 is 22.1 Å². The van der Waals surface area contributed by atoms with E-state index in [1.54, 1.807) is 0 Å². The smallest absolute Gasteiger partial charge is 0.0533 e. The van der Waals surface area contributed by atoms with Crippen LogP contribution in [0.4, 0.5) is 0 Å². The molecule has 0 aliphatic rings. The molecule has 0 aliphatic heterocycles. The van der Waals surface area contributed by atoms with Gasteiger partial charge in [-0.25, -0.2) is 0 Å². The van der Waals surface area contributed by atoms with Crippen LogP contribution in [-0.2, 0) is 0 Å². The molecule has 0 amide bonds. The second-order valence-electron chi connectivity index (χ2n) is 4.01. The molecule has 18 heavy (non-hydrogen) atoms. The summed E-state index contributed by atoms with van der Waals surface area (Å²) in [7, 11) is 0. The summed E-state index contributed by atoms with van der Waals surface area (Å²) in [6, 6.07) is 0. The van der Waals surface area contributed by atoms with E-state index in [2.05, 4.69) is 13.8 Å². The largest absolute Gasteiger partial charge is 0.373 e. The summed E-state index contributed by atoms with van der Waals surface area (Å²) in [5, 5.41) is 0. The van der Waals surface area contributed by atoms with Crippen molar-refractivity contribution in [2.24, 2.45) is 0 Å². The van der Waals surface area contributed by atoms with Crippen molar-refractivity contribution in [3.05, 3.63) is 31.9 Å². The van der Waals surface area contributed by atoms with Crippen LogP contribution < -0.4 is 0 Å². The maximum Gasteiger partial charge on any atom is -0.0533 e. The Morgan fingerprint density at radius 3 is 0.833 bits per heavy atom. The highest BCUT2D eigenvalue weighted by atomic mass is 15.0. The summed E-state index contributed by atoms with van der Waals surface area (Å²) >= 11 is 0. The summed E-state index contributed by atoms with van der Waals surface area (Å²) in [5.74, 6) is 0. The van der Waals surface area contributed by atoms with Crippen molar-refractivity contribution in [3.63, 3.8) is 0 Å². The van der Waals surface area contributed by atoms with Crippen LogP contribution in [0.3, 0.4) is 0 Å². The first-order chi connectivity index (χ1) is 8.74. The molecule has 0 rings (SSSR count). The van der Waals surface area contributed by atoms with Crippen LogP contribution >= 0.6 is 0 Å². The molecule has 0 heterocycles. The first kappa shape index (κ1) is 21.9. The van der Waals surface area contributed by atoms with E-state index in [0.29, 0.717) is 0 Å². The van der Waals surface area contributed by atoms with Crippen molar-refractivity contribution < 1.29 is 0 Å². The minimum atomic E-state index is 1.37. The van der Waals surface area contributed by atoms with Crippen LogP contribution in [-0.4, -0.2) is 0 Å². The zero-order valence-corrected chi connectivity index (χ0v) is 11.8. The van der Waals surface area contributed by atoms with Gasteiger partial charge in [0.15, 0.2) is 0 Å². The zero-order chi connectivity index (χ0) is 14.5. The van der Waals surface area contributed by atoms with E-state index in [1.807, 2.05) is 0 Å². The Bertz CT molecular complexity index is 171. The van der Waals surface area contributed by atoms with Gasteiger partial charge in [-0.05, 0) is 0 Å². The number of hydrogen-bond donors (Lipinski definition) is 0. The molecule has 0 bridgehead atoms. The van der Waals surface area contributed by atoms with Crippen molar-refractivity contribution in [3.8, 4) is 0 Å². The summed E-state index contributed by atoms with van der Waals surface area (Å²) in [4.78, 5) is 3.00. The molecule has 0 spiro atoms. The molecule has 0 aromatic rings. The molecule has 0 fully saturated rings. The van der Waals surface area contributed by atoms with Gasteiger partial charge in [-0.15, -0.1) is 0 Å². The SMILES string of the molecule is CCCCCCCCCCCC.[N-]=[N+]=[N-].[N-]=[N+]=[N-]. The Labute approximate surface area is 111 Å². The van der Waals surface area contributed by atoms with Gasteiger partial charge in [0.2, 0.25) is 0 Å². The summed E-state index contributed by atoms with van der Waals surface area (Å²) in [5.41, 5.74) is 27.0. The molecular formula is C12H26N6-2. The number of unbranched alkanes of at least 4 members (excludes halogenated alkanes) is 9. The van der Waals surface area contributed by atoms with E-state index >= 15 is 0 Å². The molecule has 0 saturated heterocycles. The maximum atomic E-state index is 6.75. The van der Waals surface area contributed by atoms with Gasteiger partial charge in [-0.2, -0.15) is 0 Å². The minimum absolute atomic E-state index is 1.37. The van der Waals surface area contributed by atoms with Gasteiger partial charge in [-0.1, -0.05) is 78.1 Å². The van der Waals surface area contributed by atoms with Gasteiger partial charge in [0.1, 0.15) is 0 Å². The average Bonchev–Trinajstić information content (AvgIpc) is 2.35. The highest BCUT2D eigenvalue weighted by Gasteiger charge is 1.90. The maximum absolute atomic E-state index is 6.75. The Hall–Kier alpha value is -1.38. The van der Waals surface area contributed by atoms with Gasteiger partial charge in [0.05, 0.1) is 0 Å². The van der Waals surface area contributed by atoms with E-state index in [-0.39, 0.29) is 0 Å². The number of nitrogens with zero attached hydrogens (tertiary/aromatic N) is 6. The van der Waals surface area contributed by atoms with Gasteiger partial charge in [-0.3, -0.25) is 9.82 Å². The Morgan fingerprint density at radius 1 is 0.500 bits per heavy atom. The monoisotopic (exact) mass is 254 g/mol. The molecular weight excluding hydrogens is 228 g/mol. The zero-order valence-electron chi connectivity index (χ0n) is 11.8. The van der Waals surface area contributed by atoms with Gasteiger partial charge in [0, 0.05) is 0 Å². The van der Waals surface area contributed by atoms with Crippen LogP contribution in [0.1, 0.15) is 78.1 Å². The van der Waals surface area contributed by atoms with E-state index in [1.165, 1.54) is 74.0 Å². The third-order valence-corrected chi connectivity index (χ3v) is 2.46. The summed E-state index contributed by atoms with van der Waals surface area (Å²) in [6.07, 6.45) is 14.4. The second-order valence-corrected chi connectivity index (χ2v) is 4.01. The quantitative estimate of drug-likeness (QED) is 0.189. The van der Waals surface area contributed by atoms with E-state index < -0.39 is 0 Å². The molecule has 0 aromatic heterocycles. The molecule has 0 radical (unpaired) electrons. The van der Waals surface area contributed by atoms with Crippen LogP contribution in [0.2, 0.25) is 0 Å². The second kappa shape index (κ2) is 29.6. The van der Waals surface area contributed by atoms with Crippen molar-refractivity contribution >= 4 is 0 Å². The normalized spacial score (nSPS) is 7.89. The van der Waals surface area contributed by atoms with Crippen molar-refractivity contribution in [1.29, 1.82) is 0 Å². The lowest BCUT2D eigenvalue weighted by molar-refractivity contribution is 0.562. The average molecular weight is 254 g/mol. The first-order valence-corrected chi connectivity index (χ1v) is 6.71. The molecule has 0 N–H and O–H groups in total. The van der Waals surface area contributed by atoms with Crippen molar-refractivity contribution in [2.45, 2.75) is 78.1 Å². The molecule has 6 nitrogen and oxygen atoms in total. The van der Waals surface area contributed by atoms with E-state index in [9.17, 15) is 0 Å². The summed E-state index contributed by atoms with van der Waals surface area (Å²) < 4.78 is 0. The highest BCUT2D eigenvalue weighted by molar-refractivity contribution is 4.45. The van der Waals surface area contributed by atoms with Gasteiger partial charge in [0.25, 0.3) is 0 Å². The fraction of sp³-hybridized carbons (Fsp3) is 1.00. The van der Waals surface area contributed by atoms with Crippen LogP contribution in [0, 0.1) is 0 Å². The molecule has 6 heteroatoms. The molecule has 0 aliphatic carbocycles. The number of rotatable bonds is 9. The third kappa shape index (κ3) is 46.7. The fourth-order valence-electron chi connectivity index (χ4n) is 1.56. The lowest BCUT2D eigenvalue weighted by Crippen LogP contribution is -1.80. The molecule has 0 saturated carbocycles. The van der Waals surface area contributed by atoms with Crippen molar-refractivity contribution in [2.75, 3.05) is 0 Å². The topological polar surface area (TPSA) is 117 Å². The first-order valence-electron chi connectivity index (χ1n) is 6.71. The third-order valence-electron chi connectivity index (χ3n) is 2.46. The predicted molar refractivity (Wildman–Crippen MR) is 77.7 cm³/mol. The van der Waals surface area contributed by atoms with Crippen LogP contribution in [0.5, 0.6) is 0 Å². The van der Waals surface area contributed by atoms with Crippen molar-refractivity contribution in [1.82, 2.24) is 0 Å². The van der Waals surface area contributed by atoms with Crippen LogP contribution in [0.15, 0.2) is 0 Å². The van der Waals surface area contributed by atoms with Gasteiger partial charge >= 0.3 is 0 Å². The Balaban J connectivity index is -0.000000315. The minimum Gasteiger partial charge on any atom is -0.373 e. The molecule has 0 unspecified atom stereocenters.